The van der Waals surface area contributed by atoms with Crippen molar-refractivity contribution in [2.75, 3.05) is 31.0 Å². The second kappa shape index (κ2) is 8.89. The van der Waals surface area contributed by atoms with Gasteiger partial charge in [-0.2, -0.15) is 5.11 Å². The van der Waals surface area contributed by atoms with Crippen molar-refractivity contribution in [2.45, 2.75) is 31.8 Å². The van der Waals surface area contributed by atoms with E-state index in [1.54, 1.807) is 18.2 Å². The molecule has 1 saturated heterocycles. The van der Waals surface area contributed by atoms with E-state index >= 15 is 0 Å². The number of anilines is 2. The van der Waals surface area contributed by atoms with Gasteiger partial charge in [0.2, 0.25) is 5.91 Å². The van der Waals surface area contributed by atoms with Gasteiger partial charge < -0.3 is 14.8 Å². The van der Waals surface area contributed by atoms with Gasteiger partial charge >= 0.3 is 0 Å². The molecule has 2 heterocycles. The van der Waals surface area contributed by atoms with E-state index in [0.717, 1.165) is 10.5 Å². The van der Waals surface area contributed by atoms with Crippen LogP contribution in [0, 0.1) is 0 Å². The normalized spacial score (nSPS) is 19.3. The Bertz CT molecular complexity index is 1110. The van der Waals surface area contributed by atoms with Crippen molar-refractivity contribution in [1.82, 2.24) is 5.01 Å². The number of hydrogen-bond donors (Lipinski definition) is 1. The van der Waals surface area contributed by atoms with E-state index in [2.05, 4.69) is 29.5 Å². The zero-order chi connectivity index (χ0) is 23.7. The van der Waals surface area contributed by atoms with Gasteiger partial charge in [-0.05, 0) is 35.7 Å². The number of hydrogen-bond acceptors (Lipinski definition) is 8. The Hall–Kier alpha value is -3.95. The Morgan fingerprint density at radius 2 is 1.73 bits per heavy atom. The number of carbonyl (C=O) groups excluding carboxylic acids is 3. The van der Waals surface area contributed by atoms with Crippen molar-refractivity contribution >= 4 is 29.1 Å². The van der Waals surface area contributed by atoms with Crippen LogP contribution in [0.4, 0.5) is 11.4 Å². The third-order valence-corrected chi connectivity index (χ3v) is 5.65. The predicted molar refractivity (Wildman–Crippen MR) is 120 cm³/mol. The molecule has 0 radical (unpaired) electrons. The lowest BCUT2D eigenvalue weighted by atomic mass is 10.0. The first kappa shape index (κ1) is 22.3. The molecule has 4 rings (SSSR count). The van der Waals surface area contributed by atoms with Gasteiger partial charge in [0.15, 0.2) is 23.6 Å². The molecular weight excluding hydrogens is 426 g/mol. The summed E-state index contributed by atoms with van der Waals surface area (Å²) < 4.78 is 10.5. The average molecular weight is 451 g/mol. The molecule has 2 unspecified atom stereocenters. The summed E-state index contributed by atoms with van der Waals surface area (Å²) in [7, 11) is 2.96. The van der Waals surface area contributed by atoms with Crippen molar-refractivity contribution in [2.24, 2.45) is 10.3 Å². The number of fused-ring (bicyclic) bond motifs is 1. The number of imide groups is 1. The number of methoxy groups -OCH3 is 2. The predicted octanol–water partition coefficient (Wildman–Crippen LogP) is 2.76. The Morgan fingerprint density at radius 3 is 2.36 bits per heavy atom. The number of benzene rings is 2. The van der Waals surface area contributed by atoms with Crippen LogP contribution in [0.3, 0.4) is 0 Å². The van der Waals surface area contributed by atoms with Gasteiger partial charge in [-0.3, -0.25) is 19.4 Å². The lowest BCUT2D eigenvalue weighted by Gasteiger charge is -2.20. The zero-order valence-corrected chi connectivity index (χ0v) is 18.8. The van der Waals surface area contributed by atoms with Crippen LogP contribution in [-0.2, 0) is 14.4 Å². The zero-order valence-electron chi connectivity index (χ0n) is 18.8. The molecule has 2 atom stereocenters. The molecule has 10 heteroatoms. The number of amides is 3. The Balaban J connectivity index is 1.47. The van der Waals surface area contributed by atoms with Crippen LogP contribution in [0.1, 0.15) is 25.3 Å². The molecule has 33 heavy (non-hydrogen) atoms. The standard InChI is InChI=1S/C23H25N5O5/c1-13(2)14-5-7-15(8-6-14)24-19(29)12-27-21-20(25-26-27)22(30)28(23(21)31)16-9-10-17(32-3)18(11-16)33-4/h5-11,13,20-21H,12H2,1-4H3,(H,24,29). The van der Waals surface area contributed by atoms with Crippen LogP contribution in [0.2, 0.25) is 0 Å². The molecule has 2 aliphatic heterocycles. The summed E-state index contributed by atoms with van der Waals surface area (Å²) in [5, 5.41) is 11.9. The maximum atomic E-state index is 13.1. The largest absolute Gasteiger partial charge is 0.493 e. The molecular formula is C23H25N5O5. The minimum Gasteiger partial charge on any atom is -0.493 e. The summed E-state index contributed by atoms with van der Waals surface area (Å²) in [6, 6.07) is 10.3. The number of rotatable bonds is 7. The van der Waals surface area contributed by atoms with Gasteiger partial charge in [-0.25, -0.2) is 4.90 Å². The lowest BCUT2D eigenvalue weighted by Crippen LogP contribution is -2.43. The highest BCUT2D eigenvalue weighted by atomic mass is 16.5. The van der Waals surface area contributed by atoms with Crippen LogP contribution in [-0.4, -0.2) is 55.6 Å². The van der Waals surface area contributed by atoms with E-state index in [-0.39, 0.29) is 12.5 Å². The smallest absolute Gasteiger partial charge is 0.263 e. The summed E-state index contributed by atoms with van der Waals surface area (Å²) >= 11 is 0. The summed E-state index contributed by atoms with van der Waals surface area (Å²) in [4.78, 5) is 39.7. The minimum atomic E-state index is -0.997. The van der Waals surface area contributed by atoms with Crippen molar-refractivity contribution in [3.8, 4) is 11.5 Å². The fourth-order valence-corrected chi connectivity index (χ4v) is 3.87. The van der Waals surface area contributed by atoms with Crippen molar-refractivity contribution < 1.29 is 23.9 Å². The summed E-state index contributed by atoms with van der Waals surface area (Å²) in [6.07, 6.45) is 0. The fraction of sp³-hybridized carbons (Fsp3) is 0.348. The Morgan fingerprint density at radius 1 is 1.03 bits per heavy atom. The Kier molecular flexibility index (Phi) is 5.99. The number of nitrogens with zero attached hydrogens (tertiary/aromatic N) is 4. The maximum Gasteiger partial charge on any atom is 0.263 e. The molecule has 0 spiro atoms. The molecule has 0 bridgehead atoms. The second-order valence-corrected chi connectivity index (χ2v) is 8.07. The fourth-order valence-electron chi connectivity index (χ4n) is 3.87. The molecule has 0 aromatic heterocycles. The lowest BCUT2D eigenvalue weighted by molar-refractivity contribution is -0.123. The minimum absolute atomic E-state index is 0.213. The molecule has 0 aliphatic carbocycles. The number of carbonyl (C=O) groups is 3. The summed E-state index contributed by atoms with van der Waals surface area (Å²) in [5.74, 6) is -0.133. The molecule has 2 aromatic carbocycles. The van der Waals surface area contributed by atoms with E-state index in [9.17, 15) is 14.4 Å². The SMILES string of the molecule is COc1ccc(N2C(=O)C3N=NN(CC(=O)Nc4ccc(C(C)C)cc4)C3C2=O)cc1OC. The molecule has 10 nitrogen and oxygen atoms in total. The number of ether oxygens (including phenoxy) is 2. The molecule has 1 N–H and O–H groups in total. The van der Waals surface area contributed by atoms with Gasteiger partial charge in [-0.1, -0.05) is 31.2 Å². The van der Waals surface area contributed by atoms with Crippen molar-refractivity contribution in [3.05, 3.63) is 48.0 Å². The molecule has 2 aromatic rings. The highest BCUT2D eigenvalue weighted by Gasteiger charge is 2.55. The molecule has 0 saturated carbocycles. The maximum absolute atomic E-state index is 13.1. The monoisotopic (exact) mass is 451 g/mol. The van der Waals surface area contributed by atoms with Crippen LogP contribution < -0.4 is 19.7 Å². The van der Waals surface area contributed by atoms with Gasteiger partial charge in [0.25, 0.3) is 11.8 Å². The highest BCUT2D eigenvalue weighted by molar-refractivity contribution is 6.25. The Labute approximate surface area is 191 Å². The third-order valence-electron chi connectivity index (χ3n) is 5.65. The second-order valence-electron chi connectivity index (χ2n) is 8.07. The third kappa shape index (κ3) is 4.11. The number of nitrogens with one attached hydrogen (secondary N) is 1. The molecule has 172 valence electrons. The van der Waals surface area contributed by atoms with Gasteiger partial charge in [0.05, 0.1) is 19.9 Å². The van der Waals surface area contributed by atoms with Crippen LogP contribution in [0.5, 0.6) is 11.5 Å². The van der Waals surface area contributed by atoms with E-state index in [0.29, 0.717) is 28.8 Å². The molecule has 3 amide bonds. The van der Waals surface area contributed by atoms with E-state index < -0.39 is 23.9 Å². The van der Waals surface area contributed by atoms with Crippen LogP contribution in [0.15, 0.2) is 52.8 Å². The van der Waals surface area contributed by atoms with E-state index in [4.69, 9.17) is 9.47 Å². The average Bonchev–Trinajstić information content (AvgIpc) is 3.32. The first-order valence-electron chi connectivity index (χ1n) is 10.5. The van der Waals surface area contributed by atoms with E-state index in [1.807, 2.05) is 24.3 Å². The first-order valence-corrected chi connectivity index (χ1v) is 10.5. The van der Waals surface area contributed by atoms with Crippen LogP contribution >= 0.6 is 0 Å². The molecule has 1 fully saturated rings. The topological polar surface area (TPSA) is 113 Å². The van der Waals surface area contributed by atoms with E-state index in [1.165, 1.54) is 19.2 Å². The highest BCUT2D eigenvalue weighted by Crippen LogP contribution is 2.36. The first-order chi connectivity index (χ1) is 15.8. The summed E-state index contributed by atoms with van der Waals surface area (Å²) in [6.45, 7) is 3.97. The van der Waals surface area contributed by atoms with Gasteiger partial charge in [0, 0.05) is 11.8 Å². The van der Waals surface area contributed by atoms with Crippen molar-refractivity contribution in [3.63, 3.8) is 0 Å². The molecule has 2 aliphatic rings. The van der Waals surface area contributed by atoms with Crippen molar-refractivity contribution in [1.29, 1.82) is 0 Å². The van der Waals surface area contributed by atoms with Gasteiger partial charge in [0.1, 0.15) is 6.54 Å². The van der Waals surface area contributed by atoms with Gasteiger partial charge in [-0.15, -0.1) is 0 Å². The van der Waals surface area contributed by atoms with Crippen LogP contribution in [0.25, 0.3) is 0 Å². The summed E-state index contributed by atoms with van der Waals surface area (Å²) in [5.41, 5.74) is 2.13. The quantitative estimate of drug-likeness (QED) is 0.648.